The Morgan fingerprint density at radius 2 is 1.74 bits per heavy atom. The Morgan fingerprint density at radius 1 is 1.03 bits per heavy atom. The molecular formula is C26H29N3O5. The number of fused-ring (bicyclic) bond motifs is 1. The highest BCUT2D eigenvalue weighted by Crippen LogP contribution is 2.13. The first-order valence-electron chi connectivity index (χ1n) is 11.6. The molecule has 0 saturated carbocycles. The Bertz CT molecular complexity index is 1200. The van der Waals surface area contributed by atoms with Crippen LogP contribution in [0, 0.1) is 0 Å². The van der Waals surface area contributed by atoms with Crippen LogP contribution in [0.5, 0.6) is 0 Å². The fraction of sp³-hybridized carbons (Fsp3) is 0.385. The quantitative estimate of drug-likeness (QED) is 0.477. The first-order valence-corrected chi connectivity index (χ1v) is 11.6. The minimum absolute atomic E-state index is 0.0278. The molecular weight excluding hydrogens is 434 g/mol. The summed E-state index contributed by atoms with van der Waals surface area (Å²) in [6.45, 7) is 4.02. The van der Waals surface area contributed by atoms with E-state index >= 15 is 0 Å². The average Bonchev–Trinajstić information content (AvgIpc) is 2.87. The highest BCUT2D eigenvalue weighted by Gasteiger charge is 2.25. The van der Waals surface area contributed by atoms with E-state index in [0.717, 1.165) is 11.1 Å². The first kappa shape index (κ1) is 23.6. The normalized spacial score (nSPS) is 14.7. The van der Waals surface area contributed by atoms with E-state index in [9.17, 15) is 14.4 Å². The van der Waals surface area contributed by atoms with Gasteiger partial charge in [0.05, 0.1) is 30.7 Å². The van der Waals surface area contributed by atoms with E-state index in [1.807, 2.05) is 54.6 Å². The molecule has 1 aliphatic heterocycles. The van der Waals surface area contributed by atoms with Crippen molar-refractivity contribution in [1.29, 1.82) is 0 Å². The smallest absolute Gasteiger partial charge is 0.306 e. The molecule has 4 rings (SSSR count). The van der Waals surface area contributed by atoms with Crippen molar-refractivity contribution < 1.29 is 19.1 Å². The van der Waals surface area contributed by atoms with Crippen molar-refractivity contribution >= 4 is 22.9 Å². The molecule has 1 atom stereocenters. The van der Waals surface area contributed by atoms with Crippen LogP contribution < -0.4 is 5.56 Å². The molecule has 0 spiro atoms. The Kier molecular flexibility index (Phi) is 7.69. The van der Waals surface area contributed by atoms with Crippen molar-refractivity contribution in [3.8, 4) is 0 Å². The Morgan fingerprint density at radius 3 is 2.50 bits per heavy atom. The van der Waals surface area contributed by atoms with Gasteiger partial charge in [-0.15, -0.1) is 0 Å². The van der Waals surface area contributed by atoms with Crippen LogP contribution >= 0.6 is 0 Å². The van der Waals surface area contributed by atoms with E-state index in [0.29, 0.717) is 50.5 Å². The van der Waals surface area contributed by atoms with Crippen molar-refractivity contribution in [3.63, 3.8) is 0 Å². The van der Waals surface area contributed by atoms with Crippen molar-refractivity contribution in [1.82, 2.24) is 14.5 Å². The summed E-state index contributed by atoms with van der Waals surface area (Å²) in [7, 11) is 0. The van der Waals surface area contributed by atoms with Crippen molar-refractivity contribution in [2.75, 3.05) is 26.3 Å². The van der Waals surface area contributed by atoms with E-state index < -0.39 is 12.1 Å². The molecule has 178 valence electrons. The number of aryl methyl sites for hydroxylation is 3. The summed E-state index contributed by atoms with van der Waals surface area (Å²) in [6, 6.07) is 17.5. The zero-order valence-electron chi connectivity index (χ0n) is 19.3. The molecule has 0 bridgehead atoms. The number of carbonyl (C=O) groups is 2. The van der Waals surface area contributed by atoms with Crippen LogP contribution in [0.25, 0.3) is 11.0 Å². The maximum absolute atomic E-state index is 13.2. The fourth-order valence-corrected chi connectivity index (χ4v) is 4.08. The molecule has 8 heteroatoms. The predicted molar refractivity (Wildman–Crippen MR) is 127 cm³/mol. The van der Waals surface area contributed by atoms with Crippen molar-refractivity contribution in [3.05, 3.63) is 76.2 Å². The second kappa shape index (κ2) is 11.1. The SMILES string of the molecule is C[C@H](OC(=O)CCc1nc2ccccc2n(CCc2ccccc2)c1=O)C(=O)N1CCOCC1. The molecule has 0 aliphatic carbocycles. The number of para-hydroxylation sites is 2. The molecule has 2 heterocycles. The van der Waals surface area contributed by atoms with Gasteiger partial charge in [0.2, 0.25) is 0 Å². The minimum Gasteiger partial charge on any atom is -0.453 e. The largest absolute Gasteiger partial charge is 0.453 e. The first-order chi connectivity index (χ1) is 16.5. The zero-order chi connectivity index (χ0) is 23.9. The van der Waals surface area contributed by atoms with E-state index in [-0.39, 0.29) is 24.3 Å². The number of amides is 1. The predicted octanol–water partition coefficient (Wildman–Crippen LogP) is 2.36. The molecule has 1 amide bonds. The zero-order valence-corrected chi connectivity index (χ0v) is 19.3. The third kappa shape index (κ3) is 5.69. The topological polar surface area (TPSA) is 90.7 Å². The molecule has 1 aromatic heterocycles. The number of aromatic nitrogens is 2. The summed E-state index contributed by atoms with van der Waals surface area (Å²) in [5, 5.41) is 0. The highest BCUT2D eigenvalue weighted by molar-refractivity contribution is 5.83. The van der Waals surface area contributed by atoms with Gasteiger partial charge in [0.25, 0.3) is 11.5 Å². The van der Waals surface area contributed by atoms with Gasteiger partial charge in [-0.25, -0.2) is 4.98 Å². The van der Waals surface area contributed by atoms with E-state index in [2.05, 4.69) is 4.98 Å². The summed E-state index contributed by atoms with van der Waals surface area (Å²) < 4.78 is 12.3. The number of ether oxygens (including phenoxy) is 2. The minimum atomic E-state index is -0.877. The molecule has 3 aromatic rings. The summed E-state index contributed by atoms with van der Waals surface area (Å²) in [5.74, 6) is -0.761. The number of nitrogens with zero attached hydrogens (tertiary/aromatic N) is 3. The fourth-order valence-electron chi connectivity index (χ4n) is 4.08. The van der Waals surface area contributed by atoms with Crippen LogP contribution in [-0.2, 0) is 38.4 Å². The van der Waals surface area contributed by atoms with Crippen molar-refractivity contribution in [2.24, 2.45) is 0 Å². The number of benzene rings is 2. The molecule has 2 aromatic carbocycles. The summed E-state index contributed by atoms with van der Waals surface area (Å²) in [6.07, 6.45) is -0.0540. The lowest BCUT2D eigenvalue weighted by Crippen LogP contribution is -2.46. The Labute approximate surface area is 198 Å². The third-order valence-corrected chi connectivity index (χ3v) is 5.93. The molecule has 0 N–H and O–H groups in total. The Balaban J connectivity index is 1.44. The lowest BCUT2D eigenvalue weighted by molar-refractivity contribution is -0.160. The van der Waals surface area contributed by atoms with Crippen LogP contribution in [0.4, 0.5) is 0 Å². The van der Waals surface area contributed by atoms with Gasteiger partial charge >= 0.3 is 5.97 Å². The monoisotopic (exact) mass is 463 g/mol. The average molecular weight is 464 g/mol. The second-order valence-corrected chi connectivity index (χ2v) is 8.31. The maximum atomic E-state index is 13.2. The number of carbonyl (C=O) groups excluding carboxylic acids is 2. The van der Waals surface area contributed by atoms with E-state index in [4.69, 9.17) is 9.47 Å². The number of esters is 1. The lowest BCUT2D eigenvalue weighted by atomic mass is 10.1. The van der Waals surface area contributed by atoms with Gasteiger partial charge in [0, 0.05) is 26.1 Å². The van der Waals surface area contributed by atoms with Crippen LogP contribution in [0.1, 0.15) is 24.6 Å². The van der Waals surface area contributed by atoms with E-state index in [1.165, 1.54) is 0 Å². The van der Waals surface area contributed by atoms with Crippen LogP contribution in [0.3, 0.4) is 0 Å². The standard InChI is InChI=1S/C26H29N3O5/c1-19(25(31)28-15-17-33-18-16-28)34-24(30)12-11-22-26(32)29(14-13-20-7-3-2-4-8-20)23-10-6-5-9-21(23)27-22/h2-10,19H,11-18H2,1H3/t19-/m0/s1. The number of morpholine rings is 1. The number of rotatable bonds is 8. The molecule has 1 saturated heterocycles. The van der Waals surface area contributed by atoms with Gasteiger partial charge in [0.1, 0.15) is 5.69 Å². The lowest BCUT2D eigenvalue weighted by Gasteiger charge is -2.28. The van der Waals surface area contributed by atoms with Gasteiger partial charge in [0.15, 0.2) is 6.10 Å². The van der Waals surface area contributed by atoms with Gasteiger partial charge in [-0.1, -0.05) is 42.5 Å². The molecule has 0 radical (unpaired) electrons. The highest BCUT2D eigenvalue weighted by atomic mass is 16.5. The number of hydrogen-bond donors (Lipinski definition) is 0. The van der Waals surface area contributed by atoms with Crippen LogP contribution in [0.2, 0.25) is 0 Å². The Hall–Kier alpha value is -3.52. The van der Waals surface area contributed by atoms with Crippen LogP contribution in [-0.4, -0.2) is 58.7 Å². The van der Waals surface area contributed by atoms with E-state index in [1.54, 1.807) is 16.4 Å². The molecule has 8 nitrogen and oxygen atoms in total. The summed E-state index contributed by atoms with van der Waals surface area (Å²) in [4.78, 5) is 44.3. The van der Waals surface area contributed by atoms with Gasteiger partial charge in [-0.2, -0.15) is 0 Å². The molecule has 0 unspecified atom stereocenters. The summed E-state index contributed by atoms with van der Waals surface area (Å²) in [5.41, 5.74) is 2.71. The maximum Gasteiger partial charge on any atom is 0.306 e. The number of hydrogen-bond acceptors (Lipinski definition) is 6. The molecule has 1 fully saturated rings. The molecule has 1 aliphatic rings. The van der Waals surface area contributed by atoms with Crippen LogP contribution in [0.15, 0.2) is 59.4 Å². The third-order valence-electron chi connectivity index (χ3n) is 5.93. The second-order valence-electron chi connectivity index (χ2n) is 8.31. The van der Waals surface area contributed by atoms with Gasteiger partial charge < -0.3 is 18.9 Å². The molecule has 34 heavy (non-hydrogen) atoms. The summed E-state index contributed by atoms with van der Waals surface area (Å²) >= 11 is 0. The van der Waals surface area contributed by atoms with Crippen molar-refractivity contribution in [2.45, 2.75) is 38.8 Å². The van der Waals surface area contributed by atoms with Gasteiger partial charge in [-0.05, 0) is 31.0 Å². The van der Waals surface area contributed by atoms with Gasteiger partial charge in [-0.3, -0.25) is 14.4 Å².